The maximum Gasteiger partial charge on any atom is 0.293 e. The van der Waals surface area contributed by atoms with E-state index in [4.69, 9.17) is 9.47 Å². The summed E-state index contributed by atoms with van der Waals surface area (Å²) in [4.78, 5) is 10.1. The van der Waals surface area contributed by atoms with Gasteiger partial charge in [-0.1, -0.05) is 49.6 Å². The van der Waals surface area contributed by atoms with Gasteiger partial charge in [0.25, 0.3) is 6.47 Å². The van der Waals surface area contributed by atoms with E-state index in [-0.39, 0.29) is 0 Å². The summed E-state index contributed by atoms with van der Waals surface area (Å²) in [5, 5.41) is 9.51. The summed E-state index contributed by atoms with van der Waals surface area (Å²) in [7, 11) is 0. The molecule has 0 spiro atoms. The van der Waals surface area contributed by atoms with Crippen LogP contribution in [0.3, 0.4) is 0 Å². The van der Waals surface area contributed by atoms with Gasteiger partial charge in [-0.2, -0.15) is 5.26 Å². The fraction of sp³-hybridized carbons (Fsp3) is 0.385. The van der Waals surface area contributed by atoms with E-state index in [1.54, 1.807) is 0 Å². The van der Waals surface area contributed by atoms with Crippen LogP contribution in [0, 0.1) is 11.3 Å². The number of fused-ring (bicyclic) bond motifs is 1. The maximum absolute atomic E-state index is 10.1. The lowest BCUT2D eigenvalue weighted by Gasteiger charge is -2.15. The van der Waals surface area contributed by atoms with Crippen molar-refractivity contribution in [1.29, 1.82) is 5.26 Å². The quantitative estimate of drug-likeness (QED) is 0.350. The van der Waals surface area contributed by atoms with Gasteiger partial charge in [-0.25, -0.2) is 0 Å². The zero-order chi connectivity index (χ0) is 21.0. The predicted octanol–water partition coefficient (Wildman–Crippen LogP) is 5.83. The molecular formula is C26H29NO3. The van der Waals surface area contributed by atoms with Crippen molar-refractivity contribution in [2.24, 2.45) is 0 Å². The molecule has 0 heterocycles. The molecule has 0 aromatic heterocycles. The smallest absolute Gasteiger partial charge is 0.293 e. The number of allylic oxidation sites excluding steroid dienone is 1. The molecule has 0 bridgehead atoms. The average Bonchev–Trinajstić information content (AvgIpc) is 3.00. The predicted molar refractivity (Wildman–Crippen MR) is 118 cm³/mol. The number of nitrogens with zero attached hydrogens (tertiary/aromatic N) is 1. The second-order valence-electron chi connectivity index (χ2n) is 7.57. The van der Waals surface area contributed by atoms with Crippen LogP contribution in [0.5, 0.6) is 5.75 Å². The van der Waals surface area contributed by atoms with Gasteiger partial charge in [0.05, 0.1) is 24.8 Å². The van der Waals surface area contributed by atoms with Crippen molar-refractivity contribution in [3.63, 3.8) is 0 Å². The van der Waals surface area contributed by atoms with Crippen LogP contribution in [-0.2, 0) is 16.0 Å². The molecule has 0 radical (unpaired) electrons. The third-order valence-electron chi connectivity index (χ3n) is 5.45. The van der Waals surface area contributed by atoms with E-state index in [2.05, 4.69) is 24.3 Å². The Hall–Kier alpha value is -3.06. The molecule has 0 aliphatic heterocycles. The first-order chi connectivity index (χ1) is 14.8. The molecule has 2 aromatic carbocycles. The molecule has 4 heteroatoms. The van der Waals surface area contributed by atoms with Crippen molar-refractivity contribution >= 4 is 12.0 Å². The van der Waals surface area contributed by atoms with Crippen molar-refractivity contribution < 1.29 is 14.3 Å². The number of benzene rings is 2. The number of rotatable bonds is 11. The van der Waals surface area contributed by atoms with Gasteiger partial charge >= 0.3 is 0 Å². The summed E-state index contributed by atoms with van der Waals surface area (Å²) >= 11 is 0. The van der Waals surface area contributed by atoms with Crippen LogP contribution >= 0.6 is 0 Å². The summed E-state index contributed by atoms with van der Waals surface area (Å²) in [6, 6.07) is 16.5. The van der Waals surface area contributed by atoms with Gasteiger partial charge in [-0.15, -0.1) is 0 Å². The zero-order valence-electron chi connectivity index (χ0n) is 17.4. The first kappa shape index (κ1) is 21.6. The van der Waals surface area contributed by atoms with Gasteiger partial charge in [0, 0.05) is 0 Å². The normalized spacial score (nSPS) is 12.8. The Kier molecular flexibility index (Phi) is 8.53. The van der Waals surface area contributed by atoms with E-state index < -0.39 is 0 Å². The van der Waals surface area contributed by atoms with Gasteiger partial charge in [-0.05, 0) is 72.6 Å². The molecule has 0 fully saturated rings. The summed E-state index contributed by atoms with van der Waals surface area (Å²) in [5.74, 6) is 0.919. The molecule has 4 nitrogen and oxygen atoms in total. The summed E-state index contributed by atoms with van der Waals surface area (Å²) < 4.78 is 10.7. The molecule has 30 heavy (non-hydrogen) atoms. The summed E-state index contributed by atoms with van der Waals surface area (Å²) in [6.45, 7) is 1.74. The highest BCUT2D eigenvalue weighted by Crippen LogP contribution is 2.34. The standard InChI is InChI=1S/C26H29NO3/c27-19-22-11-5-6-12-24(22)26-13-7-4-10-21-18-23(14-15-25(21)26)30-17-9-3-1-2-8-16-29-20-28/h5-6,11-15,18,20H,1-4,7-10,16-17H2. The monoisotopic (exact) mass is 403 g/mol. The Bertz CT molecular complexity index is 911. The fourth-order valence-electron chi connectivity index (χ4n) is 3.90. The molecule has 0 amide bonds. The third-order valence-corrected chi connectivity index (χ3v) is 5.45. The lowest BCUT2D eigenvalue weighted by atomic mass is 9.91. The Balaban J connectivity index is 1.58. The van der Waals surface area contributed by atoms with Crippen molar-refractivity contribution in [2.45, 2.75) is 51.4 Å². The van der Waals surface area contributed by atoms with E-state index >= 15 is 0 Å². The molecule has 2 aromatic rings. The minimum Gasteiger partial charge on any atom is -0.494 e. The Morgan fingerprint density at radius 1 is 0.967 bits per heavy atom. The Morgan fingerprint density at radius 2 is 1.77 bits per heavy atom. The Morgan fingerprint density at radius 3 is 2.60 bits per heavy atom. The molecular weight excluding hydrogens is 374 g/mol. The van der Waals surface area contributed by atoms with Gasteiger partial charge in [0.15, 0.2) is 0 Å². The number of ether oxygens (including phenoxy) is 2. The number of hydrogen-bond donors (Lipinski definition) is 0. The molecule has 1 aliphatic rings. The summed E-state index contributed by atoms with van der Waals surface area (Å²) in [6.07, 6.45) is 10.7. The maximum atomic E-state index is 10.1. The van der Waals surface area contributed by atoms with E-state index in [0.717, 1.165) is 73.8 Å². The molecule has 0 saturated carbocycles. The van der Waals surface area contributed by atoms with Gasteiger partial charge in [-0.3, -0.25) is 4.79 Å². The highest BCUT2D eigenvalue weighted by atomic mass is 16.5. The molecule has 0 N–H and O–H groups in total. The molecule has 156 valence electrons. The van der Waals surface area contributed by atoms with Crippen LogP contribution in [0.1, 0.15) is 67.2 Å². The van der Waals surface area contributed by atoms with E-state index in [1.165, 1.54) is 11.1 Å². The lowest BCUT2D eigenvalue weighted by Crippen LogP contribution is -2.00. The summed E-state index contributed by atoms with van der Waals surface area (Å²) in [5.41, 5.74) is 5.38. The van der Waals surface area contributed by atoms with Crippen LogP contribution < -0.4 is 4.74 Å². The van der Waals surface area contributed by atoms with Crippen LogP contribution in [0.25, 0.3) is 5.57 Å². The van der Waals surface area contributed by atoms with E-state index in [0.29, 0.717) is 19.7 Å². The van der Waals surface area contributed by atoms with Crippen molar-refractivity contribution in [2.75, 3.05) is 13.2 Å². The van der Waals surface area contributed by atoms with Gasteiger partial charge in [0.2, 0.25) is 0 Å². The van der Waals surface area contributed by atoms with E-state index in [1.807, 2.05) is 30.3 Å². The van der Waals surface area contributed by atoms with Gasteiger partial charge < -0.3 is 9.47 Å². The van der Waals surface area contributed by atoms with Crippen molar-refractivity contribution in [3.8, 4) is 11.8 Å². The number of unbranched alkanes of at least 4 members (excludes halogenated alkanes) is 4. The molecule has 0 atom stereocenters. The Labute approximate surface area is 179 Å². The second kappa shape index (κ2) is 11.8. The minimum atomic E-state index is 0.509. The molecule has 3 rings (SSSR count). The highest BCUT2D eigenvalue weighted by Gasteiger charge is 2.16. The third kappa shape index (κ3) is 5.97. The van der Waals surface area contributed by atoms with Crippen molar-refractivity contribution in [3.05, 3.63) is 70.8 Å². The SMILES string of the molecule is N#Cc1ccccc1C1=CCCCc2cc(OCCCCCCCOC=O)ccc21. The van der Waals surface area contributed by atoms with Crippen LogP contribution in [0.4, 0.5) is 0 Å². The van der Waals surface area contributed by atoms with Crippen molar-refractivity contribution in [1.82, 2.24) is 0 Å². The molecule has 1 aliphatic carbocycles. The largest absolute Gasteiger partial charge is 0.494 e. The number of nitriles is 1. The number of carbonyl (C=O) groups is 1. The van der Waals surface area contributed by atoms with Crippen LogP contribution in [-0.4, -0.2) is 19.7 Å². The number of hydrogen-bond acceptors (Lipinski definition) is 4. The molecule has 0 unspecified atom stereocenters. The van der Waals surface area contributed by atoms with Crippen LogP contribution in [0.2, 0.25) is 0 Å². The first-order valence-corrected chi connectivity index (χ1v) is 10.8. The fourth-order valence-corrected chi connectivity index (χ4v) is 3.90. The second-order valence-corrected chi connectivity index (χ2v) is 7.57. The van der Waals surface area contributed by atoms with E-state index in [9.17, 15) is 10.1 Å². The van der Waals surface area contributed by atoms with Gasteiger partial charge in [0.1, 0.15) is 5.75 Å². The lowest BCUT2D eigenvalue weighted by molar-refractivity contribution is -0.128. The highest BCUT2D eigenvalue weighted by molar-refractivity contribution is 5.84. The zero-order valence-corrected chi connectivity index (χ0v) is 17.4. The molecule has 0 saturated heterocycles. The topological polar surface area (TPSA) is 59.3 Å². The van der Waals surface area contributed by atoms with Crippen LogP contribution in [0.15, 0.2) is 48.5 Å². The number of carbonyl (C=O) groups excluding carboxylic acids is 1. The minimum absolute atomic E-state index is 0.509. The average molecular weight is 404 g/mol. The first-order valence-electron chi connectivity index (χ1n) is 10.8. The number of aryl methyl sites for hydroxylation is 1.